The van der Waals surface area contributed by atoms with Gasteiger partial charge in [-0.2, -0.15) is 5.10 Å². The minimum atomic E-state index is 0.327. The molecule has 0 bridgehead atoms. The zero-order valence-electron chi connectivity index (χ0n) is 14.1. The Labute approximate surface area is 147 Å². The van der Waals surface area contributed by atoms with Gasteiger partial charge >= 0.3 is 0 Å². The number of hydrogen-bond acceptors (Lipinski definition) is 3. The van der Waals surface area contributed by atoms with Crippen molar-refractivity contribution in [1.29, 1.82) is 0 Å². The predicted molar refractivity (Wildman–Crippen MR) is 100 cm³/mol. The Hall–Kier alpha value is -1.95. The van der Waals surface area contributed by atoms with Gasteiger partial charge in [0.1, 0.15) is 0 Å². The van der Waals surface area contributed by atoms with E-state index < -0.39 is 0 Å². The van der Waals surface area contributed by atoms with Crippen LogP contribution in [0.3, 0.4) is 0 Å². The smallest absolute Gasteiger partial charge is 0.191 e. The van der Waals surface area contributed by atoms with E-state index in [1.54, 1.807) is 0 Å². The minimum absolute atomic E-state index is 0.327. The van der Waals surface area contributed by atoms with E-state index in [9.17, 15) is 0 Å². The third-order valence-electron chi connectivity index (χ3n) is 4.10. The molecule has 128 valence electrons. The number of aliphatic imine (C=N–C) groups is 1. The number of guanidine groups is 1. The highest BCUT2D eigenvalue weighted by Gasteiger charge is 2.43. The Morgan fingerprint density at radius 3 is 2.75 bits per heavy atom. The first-order valence-corrected chi connectivity index (χ1v) is 9.27. The van der Waals surface area contributed by atoms with Crippen LogP contribution >= 0.6 is 11.8 Å². The molecule has 0 radical (unpaired) electrons. The molecule has 6 heteroatoms. The van der Waals surface area contributed by atoms with Crippen molar-refractivity contribution in [2.75, 3.05) is 20.1 Å². The van der Waals surface area contributed by atoms with E-state index in [4.69, 9.17) is 0 Å². The van der Waals surface area contributed by atoms with Crippen LogP contribution in [0.25, 0.3) is 0 Å². The maximum Gasteiger partial charge on any atom is 0.191 e. The highest BCUT2D eigenvalue weighted by molar-refractivity contribution is 8.01. The molecule has 1 aliphatic carbocycles. The van der Waals surface area contributed by atoms with Gasteiger partial charge in [-0.05, 0) is 37.5 Å². The topological polar surface area (TPSA) is 54.2 Å². The molecule has 0 unspecified atom stereocenters. The van der Waals surface area contributed by atoms with Crippen LogP contribution in [0.5, 0.6) is 0 Å². The van der Waals surface area contributed by atoms with Gasteiger partial charge in [0, 0.05) is 48.7 Å². The summed E-state index contributed by atoms with van der Waals surface area (Å²) in [5.41, 5.74) is 0. The lowest BCUT2D eigenvalue weighted by atomic mass is 10.4. The van der Waals surface area contributed by atoms with E-state index in [0.29, 0.717) is 4.75 Å². The second-order valence-corrected chi connectivity index (χ2v) is 7.61. The fraction of sp³-hybridized carbons (Fsp3) is 0.444. The van der Waals surface area contributed by atoms with Crippen LogP contribution in [0.15, 0.2) is 58.7 Å². The fourth-order valence-electron chi connectivity index (χ4n) is 2.54. The fourth-order valence-corrected chi connectivity index (χ4v) is 3.78. The number of nitrogens with one attached hydrogen (secondary N) is 2. The molecule has 2 N–H and O–H groups in total. The second-order valence-electron chi connectivity index (χ2n) is 6.07. The maximum absolute atomic E-state index is 4.32. The van der Waals surface area contributed by atoms with Gasteiger partial charge in [0.15, 0.2) is 5.96 Å². The van der Waals surface area contributed by atoms with Crippen molar-refractivity contribution >= 4 is 17.7 Å². The number of hydrogen-bond donors (Lipinski definition) is 2. The van der Waals surface area contributed by atoms with Crippen LogP contribution in [0, 0.1) is 0 Å². The van der Waals surface area contributed by atoms with E-state index in [-0.39, 0.29) is 0 Å². The summed E-state index contributed by atoms with van der Waals surface area (Å²) in [6, 6.07) is 12.6. The molecule has 1 aromatic heterocycles. The molecule has 0 spiro atoms. The number of aryl methyl sites for hydroxylation is 1. The molecule has 0 aliphatic heterocycles. The lowest BCUT2D eigenvalue weighted by molar-refractivity contribution is 0.570. The Morgan fingerprint density at radius 2 is 2.08 bits per heavy atom. The molecule has 1 aromatic carbocycles. The van der Waals surface area contributed by atoms with Crippen molar-refractivity contribution in [2.45, 2.75) is 35.4 Å². The lowest BCUT2D eigenvalue weighted by Crippen LogP contribution is -2.41. The van der Waals surface area contributed by atoms with Gasteiger partial charge in [-0.25, -0.2) is 0 Å². The zero-order chi connectivity index (χ0) is 16.7. The van der Waals surface area contributed by atoms with Crippen molar-refractivity contribution in [1.82, 2.24) is 20.4 Å². The highest BCUT2D eigenvalue weighted by atomic mass is 32.2. The Morgan fingerprint density at radius 1 is 1.25 bits per heavy atom. The summed E-state index contributed by atoms with van der Waals surface area (Å²) in [5.74, 6) is 0.885. The van der Waals surface area contributed by atoms with Crippen molar-refractivity contribution in [3.05, 3.63) is 48.8 Å². The molecule has 1 aliphatic rings. The molecule has 1 fully saturated rings. The number of nitrogens with zero attached hydrogens (tertiary/aromatic N) is 3. The molecule has 5 nitrogen and oxygen atoms in total. The van der Waals surface area contributed by atoms with E-state index in [1.165, 1.54) is 17.7 Å². The molecule has 0 saturated heterocycles. The van der Waals surface area contributed by atoms with Crippen molar-refractivity contribution in [3.63, 3.8) is 0 Å². The van der Waals surface area contributed by atoms with Gasteiger partial charge in [-0.15, -0.1) is 11.8 Å². The van der Waals surface area contributed by atoms with Crippen molar-refractivity contribution in [3.8, 4) is 0 Å². The predicted octanol–water partition coefficient (Wildman–Crippen LogP) is 2.76. The van der Waals surface area contributed by atoms with E-state index in [0.717, 1.165) is 32.0 Å². The Bertz CT molecular complexity index is 635. The Balaban J connectivity index is 1.38. The summed E-state index contributed by atoms with van der Waals surface area (Å²) in [6.07, 6.45) is 7.34. The summed E-state index contributed by atoms with van der Waals surface area (Å²) in [6.45, 7) is 2.76. The number of benzene rings is 1. The van der Waals surface area contributed by atoms with Gasteiger partial charge in [0.2, 0.25) is 0 Å². The van der Waals surface area contributed by atoms with Gasteiger partial charge < -0.3 is 10.6 Å². The average Bonchev–Trinajstić information content (AvgIpc) is 3.17. The number of thioether (sulfide) groups is 1. The van der Waals surface area contributed by atoms with Crippen molar-refractivity contribution in [2.24, 2.45) is 4.99 Å². The number of aromatic nitrogens is 2. The number of rotatable bonds is 8. The molecule has 0 atom stereocenters. The summed E-state index contributed by atoms with van der Waals surface area (Å²) in [4.78, 5) is 5.67. The SMILES string of the molecule is CN=C(NCCCn1cccn1)NCC1(Sc2ccccc2)CC1. The van der Waals surface area contributed by atoms with Gasteiger partial charge in [0.05, 0.1) is 0 Å². The van der Waals surface area contributed by atoms with Crippen LogP contribution in [0.2, 0.25) is 0 Å². The zero-order valence-corrected chi connectivity index (χ0v) is 14.9. The van der Waals surface area contributed by atoms with Crippen molar-refractivity contribution < 1.29 is 0 Å². The lowest BCUT2D eigenvalue weighted by Gasteiger charge is -2.18. The normalized spacial score (nSPS) is 16.0. The summed E-state index contributed by atoms with van der Waals surface area (Å²) in [5, 5.41) is 11.1. The van der Waals surface area contributed by atoms with Gasteiger partial charge in [-0.3, -0.25) is 9.67 Å². The Kier molecular flexibility index (Phi) is 5.80. The minimum Gasteiger partial charge on any atom is -0.356 e. The average molecular weight is 344 g/mol. The summed E-state index contributed by atoms with van der Waals surface area (Å²) >= 11 is 1.98. The van der Waals surface area contributed by atoms with Crippen LogP contribution in [-0.2, 0) is 6.54 Å². The molecule has 3 rings (SSSR count). The first-order valence-electron chi connectivity index (χ1n) is 8.46. The molecule has 2 aromatic rings. The van der Waals surface area contributed by atoms with Crippen LogP contribution in [-0.4, -0.2) is 40.6 Å². The van der Waals surface area contributed by atoms with Gasteiger partial charge in [-0.1, -0.05) is 18.2 Å². The van der Waals surface area contributed by atoms with E-state index in [2.05, 4.69) is 51.1 Å². The quantitative estimate of drug-likeness (QED) is 0.440. The van der Waals surface area contributed by atoms with Crippen LogP contribution in [0.4, 0.5) is 0 Å². The third kappa shape index (κ3) is 5.03. The van der Waals surface area contributed by atoms with Gasteiger partial charge in [0.25, 0.3) is 0 Å². The molecular weight excluding hydrogens is 318 g/mol. The second kappa shape index (κ2) is 8.24. The first kappa shape index (κ1) is 16.9. The van der Waals surface area contributed by atoms with Crippen LogP contribution in [0.1, 0.15) is 19.3 Å². The van der Waals surface area contributed by atoms with Crippen LogP contribution < -0.4 is 10.6 Å². The molecule has 0 amide bonds. The van der Waals surface area contributed by atoms with E-state index in [1.807, 2.05) is 42.0 Å². The largest absolute Gasteiger partial charge is 0.356 e. The standard InChI is InChI=1S/C18H25N5S/c1-19-17(20-11-5-13-23-14-6-12-22-23)21-15-18(9-10-18)24-16-7-3-2-4-8-16/h2-4,6-8,12,14H,5,9-11,13,15H2,1H3,(H2,19,20,21). The first-order chi connectivity index (χ1) is 11.8. The molecule has 1 heterocycles. The van der Waals surface area contributed by atoms with E-state index >= 15 is 0 Å². The molecule has 24 heavy (non-hydrogen) atoms. The third-order valence-corrected chi connectivity index (χ3v) is 5.60. The highest BCUT2D eigenvalue weighted by Crippen LogP contribution is 2.51. The molecular formula is C18H25N5S. The maximum atomic E-state index is 4.32. The molecule has 1 saturated carbocycles. The summed E-state index contributed by atoms with van der Waals surface area (Å²) in [7, 11) is 1.83. The monoisotopic (exact) mass is 343 g/mol. The summed E-state index contributed by atoms with van der Waals surface area (Å²) < 4.78 is 2.28.